The molecule has 148 valence electrons. The minimum atomic E-state index is -1.44. The van der Waals surface area contributed by atoms with Gasteiger partial charge in [-0.1, -0.05) is 30.3 Å². The topological polar surface area (TPSA) is 80.3 Å². The number of pyridine rings is 1. The van der Waals surface area contributed by atoms with Crippen LogP contribution in [0.2, 0.25) is 0 Å². The molecule has 7 heteroatoms. The van der Waals surface area contributed by atoms with Crippen molar-refractivity contribution >= 4 is 22.7 Å². The fraction of sp³-hybridized carbons (Fsp3) is 0.182. The molecule has 2 amide bonds. The van der Waals surface area contributed by atoms with E-state index in [4.69, 9.17) is 4.74 Å². The van der Waals surface area contributed by atoms with E-state index >= 15 is 0 Å². The zero-order valence-electron chi connectivity index (χ0n) is 16.0. The second-order valence-electron chi connectivity index (χ2n) is 6.79. The number of ether oxygens (including phenoxy) is 1. The number of carbonyl (C=O) groups is 1. The maximum Gasteiger partial charge on any atom is 0.331 e. The van der Waals surface area contributed by atoms with Crippen LogP contribution in [0.1, 0.15) is 17.5 Å². The predicted octanol–water partition coefficient (Wildman–Crippen LogP) is 4.44. The van der Waals surface area contributed by atoms with E-state index in [1.807, 2.05) is 48.5 Å². The number of urea groups is 1. The number of aryl methyl sites for hydroxylation is 1. The van der Waals surface area contributed by atoms with Crippen LogP contribution in [0.4, 0.5) is 10.5 Å². The first-order chi connectivity index (χ1) is 14.1. The molecule has 1 aromatic heterocycles. The van der Waals surface area contributed by atoms with Crippen molar-refractivity contribution in [3.8, 4) is 22.8 Å². The molecule has 0 radical (unpaired) electrons. The highest BCUT2D eigenvalue weighted by Gasteiger charge is 2.21. The molecule has 1 aliphatic carbocycles. The average Bonchev–Trinajstić information content (AvgIpc) is 3.18. The van der Waals surface area contributed by atoms with Gasteiger partial charge in [0.1, 0.15) is 16.7 Å². The van der Waals surface area contributed by atoms with Gasteiger partial charge in [-0.2, -0.15) is 0 Å². The van der Waals surface area contributed by atoms with Crippen molar-refractivity contribution in [3.63, 3.8) is 0 Å². The molecular formula is C22H21N3O3S. The Bertz CT molecular complexity index is 1070. The predicted molar refractivity (Wildman–Crippen MR) is 114 cm³/mol. The molecule has 0 fully saturated rings. The average molecular weight is 407 g/mol. The molecule has 0 saturated heterocycles. The summed E-state index contributed by atoms with van der Waals surface area (Å²) in [5, 5.41) is 2.91. The number of aromatic nitrogens is 1. The van der Waals surface area contributed by atoms with Crippen molar-refractivity contribution in [2.45, 2.75) is 19.3 Å². The largest absolute Gasteiger partial charge is 0.439 e. The van der Waals surface area contributed by atoms with Crippen LogP contribution in [0.3, 0.4) is 0 Å². The lowest BCUT2D eigenvalue weighted by molar-refractivity contribution is 0.257. The highest BCUT2D eigenvalue weighted by Crippen LogP contribution is 2.38. The fourth-order valence-corrected chi connectivity index (χ4v) is 3.87. The summed E-state index contributed by atoms with van der Waals surface area (Å²) in [6.45, 7) is 0. The Hall–Kier alpha value is -3.19. The molecule has 4 rings (SSSR count). The van der Waals surface area contributed by atoms with E-state index in [1.54, 1.807) is 6.20 Å². The molecule has 3 aromatic rings. The number of para-hydroxylation sites is 1. The lowest BCUT2D eigenvalue weighted by Gasteiger charge is -2.16. The van der Waals surface area contributed by atoms with Crippen LogP contribution in [0.5, 0.6) is 11.6 Å². The molecule has 1 atom stereocenters. The number of hydrogen-bond acceptors (Lipinski definition) is 4. The summed E-state index contributed by atoms with van der Waals surface area (Å²) in [4.78, 5) is 16.6. The molecule has 1 heterocycles. The van der Waals surface area contributed by atoms with Gasteiger partial charge in [0.15, 0.2) is 0 Å². The van der Waals surface area contributed by atoms with Crippen molar-refractivity contribution < 1.29 is 13.7 Å². The number of nitrogens with one attached hydrogen (secondary N) is 2. The molecule has 0 aliphatic heterocycles. The number of rotatable bonds is 5. The summed E-state index contributed by atoms with van der Waals surface area (Å²) < 4.78 is 19.6. The molecule has 0 bridgehead atoms. The Balaban J connectivity index is 1.70. The van der Waals surface area contributed by atoms with E-state index in [1.165, 1.54) is 11.8 Å². The normalized spacial score (nSPS) is 13.4. The van der Waals surface area contributed by atoms with Gasteiger partial charge in [-0.3, -0.25) is 4.72 Å². The molecule has 0 saturated carbocycles. The van der Waals surface area contributed by atoms with Gasteiger partial charge in [-0.05, 0) is 54.2 Å². The minimum absolute atomic E-state index is 0.472. The van der Waals surface area contributed by atoms with Gasteiger partial charge < -0.3 is 10.1 Å². The number of anilines is 1. The first kappa shape index (κ1) is 19.1. The third-order valence-electron chi connectivity index (χ3n) is 4.77. The zero-order chi connectivity index (χ0) is 20.2. The van der Waals surface area contributed by atoms with Gasteiger partial charge in [-0.25, -0.2) is 14.0 Å². The molecule has 6 nitrogen and oxygen atoms in total. The lowest BCUT2D eigenvalue weighted by atomic mass is 9.98. The summed E-state index contributed by atoms with van der Waals surface area (Å²) in [6, 6.07) is 16.8. The first-order valence-corrected chi connectivity index (χ1v) is 10.9. The number of fused-ring (bicyclic) bond motifs is 1. The van der Waals surface area contributed by atoms with Gasteiger partial charge in [0.25, 0.3) is 0 Å². The van der Waals surface area contributed by atoms with Crippen LogP contribution in [0, 0.1) is 0 Å². The Morgan fingerprint density at radius 1 is 1.10 bits per heavy atom. The monoisotopic (exact) mass is 407 g/mol. The third kappa shape index (κ3) is 4.46. The van der Waals surface area contributed by atoms with Crippen LogP contribution >= 0.6 is 0 Å². The molecule has 0 spiro atoms. The number of hydrogen-bond donors (Lipinski definition) is 2. The molecular weight excluding hydrogens is 386 g/mol. The van der Waals surface area contributed by atoms with Gasteiger partial charge in [0.2, 0.25) is 5.88 Å². The number of benzene rings is 2. The highest BCUT2D eigenvalue weighted by molar-refractivity contribution is 7.82. The van der Waals surface area contributed by atoms with Gasteiger partial charge in [0.05, 0.1) is 5.69 Å². The first-order valence-electron chi connectivity index (χ1n) is 9.35. The number of amides is 2. The van der Waals surface area contributed by atoms with Crippen molar-refractivity contribution in [3.05, 3.63) is 71.9 Å². The summed E-state index contributed by atoms with van der Waals surface area (Å²) in [6.07, 6.45) is 6.04. The van der Waals surface area contributed by atoms with Crippen LogP contribution < -0.4 is 14.8 Å². The number of carbonyl (C=O) groups excluding carboxylic acids is 1. The minimum Gasteiger partial charge on any atom is -0.439 e. The molecule has 29 heavy (non-hydrogen) atoms. The molecule has 1 aliphatic rings. The van der Waals surface area contributed by atoms with E-state index in [-0.39, 0.29) is 0 Å². The van der Waals surface area contributed by atoms with Crippen LogP contribution in [-0.2, 0) is 23.8 Å². The van der Waals surface area contributed by atoms with Gasteiger partial charge >= 0.3 is 6.03 Å². The summed E-state index contributed by atoms with van der Waals surface area (Å²) >= 11 is 0. The van der Waals surface area contributed by atoms with Crippen LogP contribution in [0.25, 0.3) is 11.1 Å². The van der Waals surface area contributed by atoms with E-state index in [0.29, 0.717) is 11.6 Å². The molecule has 1 unspecified atom stereocenters. The van der Waals surface area contributed by atoms with Crippen molar-refractivity contribution in [1.82, 2.24) is 9.71 Å². The SMILES string of the molecule is CS(=O)NC(=O)Nc1c(-c2ccnc(Oc3ccccc3)c2)ccc2c1CCC2. The standard InChI is InChI=1S/C22H21N3O3S/c1-29(27)25-22(26)24-21-18-9-5-6-15(18)10-11-19(21)16-12-13-23-20(14-16)28-17-7-3-2-4-8-17/h2-4,7-8,10-14H,5-6,9H2,1H3,(H2,24,25,26). The second kappa shape index (κ2) is 8.45. The Morgan fingerprint density at radius 2 is 1.93 bits per heavy atom. The molecule has 2 aromatic carbocycles. The highest BCUT2D eigenvalue weighted by atomic mass is 32.2. The van der Waals surface area contributed by atoms with Crippen LogP contribution in [-0.4, -0.2) is 21.5 Å². The summed E-state index contributed by atoms with van der Waals surface area (Å²) in [5.41, 5.74) is 4.87. The van der Waals surface area contributed by atoms with Gasteiger partial charge in [0, 0.05) is 24.1 Å². The molecule has 2 N–H and O–H groups in total. The van der Waals surface area contributed by atoms with E-state index in [0.717, 1.165) is 41.6 Å². The van der Waals surface area contributed by atoms with Gasteiger partial charge in [-0.15, -0.1) is 0 Å². The zero-order valence-corrected chi connectivity index (χ0v) is 16.8. The van der Waals surface area contributed by atoms with E-state index in [9.17, 15) is 9.00 Å². The third-order valence-corrected chi connectivity index (χ3v) is 5.24. The second-order valence-corrected chi connectivity index (χ2v) is 7.90. The number of nitrogens with zero attached hydrogens (tertiary/aromatic N) is 1. The summed E-state index contributed by atoms with van der Waals surface area (Å²) in [7, 11) is -1.44. The lowest BCUT2D eigenvalue weighted by Crippen LogP contribution is -2.30. The van der Waals surface area contributed by atoms with Crippen molar-refractivity contribution in [1.29, 1.82) is 0 Å². The Morgan fingerprint density at radius 3 is 2.72 bits per heavy atom. The smallest absolute Gasteiger partial charge is 0.331 e. The fourth-order valence-electron chi connectivity index (χ4n) is 3.56. The maximum absolute atomic E-state index is 12.3. The maximum atomic E-state index is 12.3. The quantitative estimate of drug-likeness (QED) is 0.655. The Kier molecular flexibility index (Phi) is 5.57. The van der Waals surface area contributed by atoms with Crippen molar-refractivity contribution in [2.24, 2.45) is 0 Å². The van der Waals surface area contributed by atoms with E-state index in [2.05, 4.69) is 21.1 Å². The summed E-state index contributed by atoms with van der Waals surface area (Å²) in [5.74, 6) is 1.17. The van der Waals surface area contributed by atoms with Crippen LogP contribution in [0.15, 0.2) is 60.8 Å². The van der Waals surface area contributed by atoms with E-state index < -0.39 is 17.0 Å². The van der Waals surface area contributed by atoms with Crippen molar-refractivity contribution in [2.75, 3.05) is 11.6 Å². The Labute approximate surface area is 171 Å².